The molecule has 8 nitrogen and oxygen atoms in total. The fourth-order valence-electron chi connectivity index (χ4n) is 3.98. The van der Waals surface area contributed by atoms with Crippen LogP contribution >= 0.6 is 0 Å². The van der Waals surface area contributed by atoms with E-state index in [1.807, 2.05) is 18.2 Å². The van der Waals surface area contributed by atoms with E-state index >= 15 is 0 Å². The molecule has 210 valence electrons. The van der Waals surface area contributed by atoms with Crippen molar-refractivity contribution in [2.24, 2.45) is 17.6 Å². The standard InChI is InChI=1S/C24H40O4.C4H11NO3/c1-2-3-4-5-6-7-15-21(25)16-10-8-13-20-14-9-11-17-22(20)23(26)18-12-19-24(27)28;5-4(1-6,2-7)3-8/h8-11,13,16,20-23,25-26H,2-7,12,14-15,17-19H2,1H3,(H,27,28);6-8H,1-3,5H2/t20-,21?,22-,23?;/m1./s1. The summed E-state index contributed by atoms with van der Waals surface area (Å²) >= 11 is 0. The van der Waals surface area contributed by atoms with Gasteiger partial charge >= 0.3 is 5.97 Å². The van der Waals surface area contributed by atoms with Crippen molar-refractivity contribution in [3.05, 3.63) is 36.5 Å². The molecule has 4 atom stereocenters. The first-order valence-corrected chi connectivity index (χ1v) is 13.4. The lowest BCUT2D eigenvalue weighted by molar-refractivity contribution is -0.137. The summed E-state index contributed by atoms with van der Waals surface area (Å²) in [4.78, 5) is 10.6. The number of nitrogens with two attached hydrogens (primary N) is 1. The summed E-state index contributed by atoms with van der Waals surface area (Å²) in [5.74, 6) is -0.418. The van der Waals surface area contributed by atoms with Crippen LogP contribution < -0.4 is 5.73 Å². The number of carboxylic acid groups (broad SMARTS) is 1. The summed E-state index contributed by atoms with van der Waals surface area (Å²) in [7, 11) is 0. The Morgan fingerprint density at radius 3 is 2.14 bits per heavy atom. The Bertz CT molecular complexity index is 623. The van der Waals surface area contributed by atoms with Gasteiger partial charge < -0.3 is 36.4 Å². The van der Waals surface area contributed by atoms with Crippen LogP contribution in [0.2, 0.25) is 0 Å². The molecule has 0 aromatic rings. The van der Waals surface area contributed by atoms with Crippen LogP contribution in [0.1, 0.15) is 84.0 Å². The average molecular weight is 514 g/mol. The summed E-state index contributed by atoms with van der Waals surface area (Å²) in [6.45, 7) is 1.01. The van der Waals surface area contributed by atoms with Crippen molar-refractivity contribution < 1.29 is 35.4 Å². The molecule has 1 aliphatic rings. The van der Waals surface area contributed by atoms with Gasteiger partial charge in [0.05, 0.1) is 37.6 Å². The van der Waals surface area contributed by atoms with E-state index < -0.39 is 37.4 Å². The maximum Gasteiger partial charge on any atom is 0.303 e. The summed E-state index contributed by atoms with van der Waals surface area (Å²) in [5, 5.41) is 54.3. The van der Waals surface area contributed by atoms with Crippen molar-refractivity contribution in [3.63, 3.8) is 0 Å². The van der Waals surface area contributed by atoms with Crippen molar-refractivity contribution in [1.29, 1.82) is 0 Å². The minimum Gasteiger partial charge on any atom is -0.481 e. The predicted octanol–water partition coefficient (Wildman–Crippen LogP) is 3.07. The van der Waals surface area contributed by atoms with E-state index in [1.165, 1.54) is 32.1 Å². The normalized spacial score (nSPS) is 19.9. The van der Waals surface area contributed by atoms with Crippen molar-refractivity contribution >= 4 is 5.97 Å². The lowest BCUT2D eigenvalue weighted by atomic mass is 9.78. The van der Waals surface area contributed by atoms with Crippen molar-refractivity contribution in [3.8, 4) is 0 Å². The minimum absolute atomic E-state index is 0.110. The molecule has 0 spiro atoms. The van der Waals surface area contributed by atoms with Gasteiger partial charge in [0.2, 0.25) is 0 Å². The van der Waals surface area contributed by atoms with E-state index in [2.05, 4.69) is 25.2 Å². The highest BCUT2D eigenvalue weighted by Gasteiger charge is 2.27. The number of hydrogen-bond acceptors (Lipinski definition) is 7. The second-order valence-electron chi connectivity index (χ2n) is 9.85. The monoisotopic (exact) mass is 513 g/mol. The van der Waals surface area contributed by atoms with Crippen LogP contribution in [-0.4, -0.2) is 74.2 Å². The Kier molecular flexibility index (Phi) is 20.6. The molecule has 0 saturated carbocycles. The molecule has 8 N–H and O–H groups in total. The number of hydrogen-bond donors (Lipinski definition) is 7. The molecule has 0 aromatic heterocycles. The molecular formula is C28H51NO7. The van der Waals surface area contributed by atoms with Crippen LogP contribution in [-0.2, 0) is 4.79 Å². The lowest BCUT2D eigenvalue weighted by Gasteiger charge is -2.30. The molecule has 0 heterocycles. The topological polar surface area (TPSA) is 164 Å². The highest BCUT2D eigenvalue weighted by atomic mass is 16.4. The Balaban J connectivity index is 0.00000131. The van der Waals surface area contributed by atoms with Gasteiger partial charge in [-0.1, -0.05) is 81.9 Å². The van der Waals surface area contributed by atoms with Gasteiger partial charge in [-0.3, -0.25) is 4.79 Å². The first-order valence-electron chi connectivity index (χ1n) is 13.4. The molecule has 8 heteroatoms. The Morgan fingerprint density at radius 2 is 1.56 bits per heavy atom. The van der Waals surface area contributed by atoms with Crippen LogP contribution in [0.25, 0.3) is 0 Å². The first-order chi connectivity index (χ1) is 17.2. The molecule has 1 aliphatic carbocycles. The van der Waals surface area contributed by atoms with Crippen LogP contribution in [0.15, 0.2) is 36.5 Å². The third-order valence-electron chi connectivity index (χ3n) is 6.52. The molecule has 2 unspecified atom stereocenters. The fourth-order valence-corrected chi connectivity index (χ4v) is 3.98. The molecule has 0 fully saturated rings. The molecule has 0 radical (unpaired) electrons. The van der Waals surface area contributed by atoms with Gasteiger partial charge in [0.25, 0.3) is 0 Å². The van der Waals surface area contributed by atoms with E-state index in [-0.39, 0.29) is 24.4 Å². The number of allylic oxidation sites excluding steroid dienone is 5. The molecular weight excluding hydrogens is 462 g/mol. The third kappa shape index (κ3) is 17.0. The van der Waals surface area contributed by atoms with Crippen LogP contribution in [0.3, 0.4) is 0 Å². The maximum absolute atomic E-state index is 10.6. The Labute approximate surface area is 217 Å². The molecule has 0 amide bonds. The zero-order valence-corrected chi connectivity index (χ0v) is 22.0. The Morgan fingerprint density at radius 1 is 0.944 bits per heavy atom. The molecule has 36 heavy (non-hydrogen) atoms. The second-order valence-corrected chi connectivity index (χ2v) is 9.85. The van der Waals surface area contributed by atoms with Gasteiger partial charge in [0, 0.05) is 6.42 Å². The van der Waals surface area contributed by atoms with Crippen molar-refractivity contribution in [2.75, 3.05) is 19.8 Å². The average Bonchev–Trinajstić information content (AvgIpc) is 2.88. The van der Waals surface area contributed by atoms with E-state index in [0.717, 1.165) is 25.7 Å². The van der Waals surface area contributed by atoms with Gasteiger partial charge in [-0.15, -0.1) is 0 Å². The lowest BCUT2D eigenvalue weighted by Crippen LogP contribution is -2.50. The summed E-state index contributed by atoms with van der Waals surface area (Å²) in [6.07, 6.45) is 22.3. The smallest absolute Gasteiger partial charge is 0.303 e. The first kappa shape index (κ1) is 34.5. The summed E-state index contributed by atoms with van der Waals surface area (Å²) < 4.78 is 0. The van der Waals surface area contributed by atoms with E-state index in [4.69, 9.17) is 26.2 Å². The van der Waals surface area contributed by atoms with Gasteiger partial charge in [0.15, 0.2) is 0 Å². The van der Waals surface area contributed by atoms with E-state index in [0.29, 0.717) is 12.8 Å². The molecule has 0 aromatic carbocycles. The quantitative estimate of drug-likeness (QED) is 0.0834. The van der Waals surface area contributed by atoms with Gasteiger partial charge in [-0.25, -0.2) is 0 Å². The highest BCUT2D eigenvalue weighted by molar-refractivity contribution is 5.66. The number of rotatable bonds is 18. The van der Waals surface area contributed by atoms with Crippen LogP contribution in [0.5, 0.6) is 0 Å². The van der Waals surface area contributed by atoms with Crippen LogP contribution in [0.4, 0.5) is 0 Å². The third-order valence-corrected chi connectivity index (χ3v) is 6.52. The molecule has 0 aliphatic heterocycles. The fraction of sp³-hybridized carbons (Fsp3) is 0.750. The number of carbonyl (C=O) groups is 1. The molecule has 0 saturated heterocycles. The van der Waals surface area contributed by atoms with Gasteiger partial charge in [-0.2, -0.15) is 0 Å². The van der Waals surface area contributed by atoms with Crippen molar-refractivity contribution in [2.45, 2.75) is 102 Å². The zero-order chi connectivity index (χ0) is 27.2. The number of unbranched alkanes of at least 4 members (excludes halogenated alkanes) is 5. The zero-order valence-electron chi connectivity index (χ0n) is 22.0. The number of aliphatic carboxylic acids is 1. The van der Waals surface area contributed by atoms with Crippen LogP contribution in [0, 0.1) is 11.8 Å². The van der Waals surface area contributed by atoms with E-state index in [1.54, 1.807) is 0 Å². The molecule has 0 bridgehead atoms. The minimum atomic E-state index is -1.21. The SMILES string of the molecule is CCCCCCCCC(O)C=CC=C[C@@H]1CC=CC[C@H]1C(O)CCCC(=O)O.NC(CO)(CO)CO. The summed E-state index contributed by atoms with van der Waals surface area (Å²) in [5.41, 5.74) is 3.94. The van der Waals surface area contributed by atoms with Crippen molar-refractivity contribution in [1.82, 2.24) is 0 Å². The summed E-state index contributed by atoms with van der Waals surface area (Å²) in [6, 6.07) is 0. The molecule has 1 rings (SSSR count). The highest BCUT2D eigenvalue weighted by Crippen LogP contribution is 2.31. The van der Waals surface area contributed by atoms with E-state index in [9.17, 15) is 15.0 Å². The predicted molar refractivity (Wildman–Crippen MR) is 143 cm³/mol. The number of carboxylic acids is 1. The van der Waals surface area contributed by atoms with Gasteiger partial charge in [0.1, 0.15) is 0 Å². The van der Waals surface area contributed by atoms with Gasteiger partial charge in [-0.05, 0) is 43.9 Å². The largest absolute Gasteiger partial charge is 0.481 e. The maximum atomic E-state index is 10.6. The number of aliphatic hydroxyl groups is 5. The Hall–Kier alpha value is -1.55. The number of aliphatic hydroxyl groups excluding tert-OH is 5. The second kappa shape index (κ2) is 21.5.